The van der Waals surface area contributed by atoms with Gasteiger partial charge in [-0.25, -0.2) is 0 Å². The molecule has 0 saturated carbocycles. The lowest BCUT2D eigenvalue weighted by Gasteiger charge is -2.14. The minimum absolute atomic E-state index is 0.143. The zero-order valence-electron chi connectivity index (χ0n) is 18.3. The molecule has 0 atom stereocenters. The van der Waals surface area contributed by atoms with Crippen LogP contribution in [-0.4, -0.2) is 32.4 Å². The van der Waals surface area contributed by atoms with Gasteiger partial charge in [0.2, 0.25) is 11.8 Å². The number of likely N-dealkylation sites (tertiary alicyclic amines) is 1. The molecule has 1 N–H and O–H groups in total. The number of aromatic nitrogens is 2. The highest BCUT2D eigenvalue weighted by Crippen LogP contribution is 2.17. The molecule has 0 unspecified atom stereocenters. The van der Waals surface area contributed by atoms with E-state index >= 15 is 0 Å². The number of imide groups is 1. The lowest BCUT2D eigenvalue weighted by molar-refractivity contribution is -0.139. The molecule has 164 valence electrons. The first kappa shape index (κ1) is 21.5. The molecule has 0 bridgehead atoms. The van der Waals surface area contributed by atoms with Gasteiger partial charge in [0, 0.05) is 36.2 Å². The second-order valence-corrected chi connectivity index (χ2v) is 8.05. The van der Waals surface area contributed by atoms with Crippen molar-refractivity contribution in [3.8, 4) is 0 Å². The van der Waals surface area contributed by atoms with Gasteiger partial charge in [-0.2, -0.15) is 5.10 Å². The van der Waals surface area contributed by atoms with Crippen molar-refractivity contribution in [1.82, 2.24) is 20.0 Å². The van der Waals surface area contributed by atoms with Crippen molar-refractivity contribution in [3.05, 3.63) is 88.2 Å². The van der Waals surface area contributed by atoms with E-state index in [2.05, 4.69) is 22.5 Å². The molecule has 2 heterocycles. The topological polar surface area (TPSA) is 84.3 Å². The van der Waals surface area contributed by atoms with Gasteiger partial charge in [-0.15, -0.1) is 0 Å². The van der Waals surface area contributed by atoms with Gasteiger partial charge < -0.3 is 5.32 Å². The molecule has 0 aliphatic carbocycles. The average molecular weight is 431 g/mol. The molecule has 0 radical (unpaired) electrons. The smallest absolute Gasteiger partial charge is 0.251 e. The monoisotopic (exact) mass is 430 g/mol. The maximum Gasteiger partial charge on any atom is 0.251 e. The van der Waals surface area contributed by atoms with Gasteiger partial charge in [-0.3, -0.25) is 24.0 Å². The van der Waals surface area contributed by atoms with Crippen LogP contribution in [0.2, 0.25) is 0 Å². The van der Waals surface area contributed by atoms with E-state index in [0.29, 0.717) is 18.7 Å². The van der Waals surface area contributed by atoms with E-state index in [0.717, 1.165) is 22.5 Å². The molecule has 7 nitrogen and oxygen atoms in total. The highest BCUT2D eigenvalue weighted by Gasteiger charge is 2.28. The van der Waals surface area contributed by atoms with E-state index in [-0.39, 0.29) is 37.1 Å². The fourth-order valence-electron chi connectivity index (χ4n) is 3.91. The Bertz CT molecular complexity index is 1130. The molecule has 1 saturated heterocycles. The van der Waals surface area contributed by atoms with Gasteiger partial charge in [0.25, 0.3) is 5.91 Å². The second-order valence-electron chi connectivity index (χ2n) is 8.05. The van der Waals surface area contributed by atoms with Gasteiger partial charge in [-0.05, 0) is 37.1 Å². The van der Waals surface area contributed by atoms with E-state index in [9.17, 15) is 14.4 Å². The third kappa shape index (κ3) is 4.61. The molecule has 1 aliphatic heterocycles. The van der Waals surface area contributed by atoms with Crippen LogP contribution in [0.4, 0.5) is 0 Å². The third-order valence-electron chi connectivity index (χ3n) is 5.84. The molecule has 3 aromatic rings. The molecule has 0 spiro atoms. The van der Waals surface area contributed by atoms with Crippen LogP contribution in [0.3, 0.4) is 0 Å². The Labute approximate surface area is 187 Å². The molecular formula is C25H26N4O3. The zero-order valence-corrected chi connectivity index (χ0v) is 18.3. The van der Waals surface area contributed by atoms with Crippen molar-refractivity contribution in [2.45, 2.75) is 46.3 Å². The van der Waals surface area contributed by atoms with Gasteiger partial charge in [0.05, 0.1) is 18.8 Å². The maximum absolute atomic E-state index is 12.6. The van der Waals surface area contributed by atoms with E-state index < -0.39 is 0 Å². The number of hydrogen-bond donors (Lipinski definition) is 1. The fraction of sp³-hybridized carbons (Fsp3) is 0.280. The molecule has 1 aliphatic rings. The first-order valence-electron chi connectivity index (χ1n) is 10.7. The number of carbonyl (C=O) groups excluding carboxylic acids is 3. The fourth-order valence-corrected chi connectivity index (χ4v) is 3.91. The molecule has 4 rings (SSSR count). The summed E-state index contributed by atoms with van der Waals surface area (Å²) in [5.41, 5.74) is 5.46. The summed E-state index contributed by atoms with van der Waals surface area (Å²) in [4.78, 5) is 37.5. The number of nitrogens with zero attached hydrogens (tertiary/aromatic N) is 3. The van der Waals surface area contributed by atoms with Crippen molar-refractivity contribution in [1.29, 1.82) is 0 Å². The number of carbonyl (C=O) groups is 3. The highest BCUT2D eigenvalue weighted by molar-refractivity contribution is 6.01. The number of aryl methyl sites for hydroxylation is 1. The first-order valence-corrected chi connectivity index (χ1v) is 10.7. The summed E-state index contributed by atoms with van der Waals surface area (Å²) in [6.07, 6.45) is 0.556. The van der Waals surface area contributed by atoms with Crippen molar-refractivity contribution in [3.63, 3.8) is 0 Å². The number of nitrogens with one attached hydrogen (secondary N) is 1. The van der Waals surface area contributed by atoms with E-state index in [4.69, 9.17) is 0 Å². The molecule has 7 heteroatoms. The van der Waals surface area contributed by atoms with Gasteiger partial charge in [-0.1, -0.05) is 42.5 Å². The van der Waals surface area contributed by atoms with Crippen molar-refractivity contribution in [2.24, 2.45) is 0 Å². The van der Waals surface area contributed by atoms with Crippen LogP contribution in [0.5, 0.6) is 0 Å². The lowest BCUT2D eigenvalue weighted by Crippen LogP contribution is -2.28. The lowest BCUT2D eigenvalue weighted by atomic mass is 10.1. The number of hydrogen-bond acceptors (Lipinski definition) is 4. The van der Waals surface area contributed by atoms with Crippen molar-refractivity contribution in [2.75, 3.05) is 0 Å². The summed E-state index contributed by atoms with van der Waals surface area (Å²) < 4.78 is 1.96. The Balaban J connectivity index is 1.37. The van der Waals surface area contributed by atoms with Gasteiger partial charge in [0.15, 0.2) is 0 Å². The van der Waals surface area contributed by atoms with E-state index in [1.54, 1.807) is 24.3 Å². The summed E-state index contributed by atoms with van der Waals surface area (Å²) in [5, 5.41) is 7.60. The zero-order chi connectivity index (χ0) is 22.7. The molecule has 32 heavy (non-hydrogen) atoms. The Morgan fingerprint density at radius 1 is 0.906 bits per heavy atom. The Morgan fingerprint density at radius 3 is 2.19 bits per heavy atom. The minimum Gasteiger partial charge on any atom is -0.348 e. The number of benzene rings is 2. The van der Waals surface area contributed by atoms with Crippen LogP contribution < -0.4 is 5.32 Å². The Morgan fingerprint density at radius 2 is 1.53 bits per heavy atom. The molecule has 1 aromatic heterocycles. The average Bonchev–Trinajstić information content (AvgIpc) is 3.25. The number of amides is 3. The molecule has 2 aromatic carbocycles. The highest BCUT2D eigenvalue weighted by atomic mass is 16.2. The summed E-state index contributed by atoms with van der Waals surface area (Å²) in [5.74, 6) is -0.467. The van der Waals surface area contributed by atoms with Crippen molar-refractivity contribution >= 4 is 17.7 Å². The predicted molar refractivity (Wildman–Crippen MR) is 120 cm³/mol. The Hall–Kier alpha value is -3.74. The number of rotatable bonds is 7. The SMILES string of the molecule is Cc1nn(Cc2ccccc2)c(C)c1CNC(=O)c1ccc(CN2C(=O)CCC2=O)cc1. The summed E-state index contributed by atoms with van der Waals surface area (Å²) in [7, 11) is 0. The van der Waals surface area contributed by atoms with Gasteiger partial charge >= 0.3 is 0 Å². The minimum atomic E-state index is -0.181. The maximum atomic E-state index is 12.6. The second kappa shape index (κ2) is 9.18. The molecular weight excluding hydrogens is 404 g/mol. The predicted octanol–water partition coefficient (Wildman–Crippen LogP) is 3.13. The first-order chi connectivity index (χ1) is 15.4. The third-order valence-corrected chi connectivity index (χ3v) is 5.84. The molecule has 3 amide bonds. The van der Waals surface area contributed by atoms with Crippen LogP contribution >= 0.6 is 0 Å². The van der Waals surface area contributed by atoms with Crippen LogP contribution in [0.25, 0.3) is 0 Å². The summed E-state index contributed by atoms with van der Waals surface area (Å²) >= 11 is 0. The standard InChI is InChI=1S/C25H26N4O3/c1-17-22(18(2)29(27-17)16-19-6-4-3-5-7-19)14-26-25(32)21-10-8-20(9-11-21)15-28-23(30)12-13-24(28)31/h3-11H,12-16H2,1-2H3,(H,26,32). The van der Waals surface area contributed by atoms with Crippen LogP contribution in [0.15, 0.2) is 54.6 Å². The summed E-state index contributed by atoms with van der Waals surface area (Å²) in [6, 6.07) is 17.1. The molecule has 1 fully saturated rings. The van der Waals surface area contributed by atoms with E-state index in [1.807, 2.05) is 36.7 Å². The van der Waals surface area contributed by atoms with Crippen LogP contribution in [-0.2, 0) is 29.2 Å². The Kier molecular flexibility index (Phi) is 6.16. The van der Waals surface area contributed by atoms with Gasteiger partial charge in [0.1, 0.15) is 0 Å². The van der Waals surface area contributed by atoms with Crippen LogP contribution in [0, 0.1) is 13.8 Å². The van der Waals surface area contributed by atoms with Crippen molar-refractivity contribution < 1.29 is 14.4 Å². The normalized spacial score (nSPS) is 13.6. The quantitative estimate of drug-likeness (QED) is 0.584. The largest absolute Gasteiger partial charge is 0.348 e. The van der Waals surface area contributed by atoms with E-state index in [1.165, 1.54) is 10.5 Å². The van der Waals surface area contributed by atoms with Crippen LogP contribution in [0.1, 0.15) is 51.3 Å². The summed E-state index contributed by atoms with van der Waals surface area (Å²) in [6.45, 7) is 5.29.